The molecule has 7 heteroatoms. The Morgan fingerprint density at radius 2 is 2.00 bits per heavy atom. The molecule has 3 aliphatic heterocycles. The number of likely N-dealkylation sites (tertiary alicyclic amines) is 1. The first-order valence-electron chi connectivity index (χ1n) is 12.5. The maximum atomic E-state index is 13.2. The van der Waals surface area contributed by atoms with E-state index in [1.165, 1.54) is 23.2 Å². The zero-order chi connectivity index (χ0) is 22.8. The summed E-state index contributed by atoms with van der Waals surface area (Å²) in [6.45, 7) is 5.30. The van der Waals surface area contributed by atoms with Crippen LogP contribution in [0.15, 0.2) is 24.3 Å². The van der Waals surface area contributed by atoms with Gasteiger partial charge in [0.2, 0.25) is 5.91 Å². The van der Waals surface area contributed by atoms with Crippen LogP contribution in [0.3, 0.4) is 0 Å². The molecular formula is C26H36N6O. The lowest BCUT2D eigenvalue weighted by molar-refractivity contribution is -0.132. The molecule has 3 aliphatic rings. The molecule has 1 fully saturated rings. The predicted octanol–water partition coefficient (Wildman–Crippen LogP) is 3.06. The molecule has 0 bridgehead atoms. The number of anilines is 2. The third-order valence-corrected chi connectivity index (χ3v) is 7.46. The van der Waals surface area contributed by atoms with Crippen molar-refractivity contribution in [3.8, 4) is 0 Å². The van der Waals surface area contributed by atoms with Crippen LogP contribution >= 0.6 is 0 Å². The Kier molecular flexibility index (Phi) is 6.49. The summed E-state index contributed by atoms with van der Waals surface area (Å²) in [4.78, 5) is 29.8. The molecule has 0 spiro atoms. The largest absolute Gasteiger partial charge is 0.373 e. The topological polar surface area (TPSA) is 64.6 Å². The van der Waals surface area contributed by atoms with Gasteiger partial charge in [0.15, 0.2) is 0 Å². The summed E-state index contributed by atoms with van der Waals surface area (Å²) in [5, 5.41) is 3.29. The molecule has 0 saturated carbocycles. The van der Waals surface area contributed by atoms with E-state index >= 15 is 0 Å². The summed E-state index contributed by atoms with van der Waals surface area (Å²) in [7, 11) is 4.11. The average molecular weight is 449 g/mol. The number of piperidine rings is 1. The van der Waals surface area contributed by atoms with Gasteiger partial charge in [-0.1, -0.05) is 18.2 Å². The number of fused-ring (bicyclic) bond motifs is 2. The Balaban J connectivity index is 1.27. The van der Waals surface area contributed by atoms with Gasteiger partial charge in [-0.05, 0) is 57.3 Å². The molecule has 176 valence electrons. The molecule has 0 radical (unpaired) electrons. The molecule has 2 aromatic rings. The lowest BCUT2D eigenvalue weighted by Gasteiger charge is -2.34. The van der Waals surface area contributed by atoms with E-state index in [4.69, 9.17) is 9.97 Å². The van der Waals surface area contributed by atoms with Crippen molar-refractivity contribution >= 4 is 17.4 Å². The second kappa shape index (κ2) is 9.67. The van der Waals surface area contributed by atoms with Crippen LogP contribution in [0.5, 0.6) is 0 Å². The van der Waals surface area contributed by atoms with E-state index in [0.29, 0.717) is 18.9 Å². The van der Waals surface area contributed by atoms with Crippen LogP contribution in [0.2, 0.25) is 0 Å². The maximum Gasteiger partial charge on any atom is 0.224 e. The van der Waals surface area contributed by atoms with Gasteiger partial charge >= 0.3 is 0 Å². The summed E-state index contributed by atoms with van der Waals surface area (Å²) in [5.41, 5.74) is 4.91. The number of nitrogens with zero attached hydrogens (tertiary/aromatic N) is 5. The van der Waals surface area contributed by atoms with Gasteiger partial charge in [0.1, 0.15) is 11.6 Å². The van der Waals surface area contributed by atoms with Crippen molar-refractivity contribution in [3.05, 3.63) is 46.9 Å². The van der Waals surface area contributed by atoms with Crippen LogP contribution in [0.1, 0.15) is 54.2 Å². The number of carbonyl (C=O) groups excluding carboxylic acids is 1. The number of nitrogens with one attached hydrogen (secondary N) is 1. The molecule has 1 atom stereocenters. The van der Waals surface area contributed by atoms with Gasteiger partial charge in [-0.25, -0.2) is 9.97 Å². The highest BCUT2D eigenvalue weighted by Crippen LogP contribution is 2.30. The fourth-order valence-corrected chi connectivity index (χ4v) is 5.66. The van der Waals surface area contributed by atoms with Crippen LogP contribution < -0.4 is 10.2 Å². The lowest BCUT2D eigenvalue weighted by Crippen LogP contribution is -2.40. The summed E-state index contributed by atoms with van der Waals surface area (Å²) in [6, 6.07) is 8.61. The first-order valence-corrected chi connectivity index (χ1v) is 12.5. The molecule has 5 rings (SSSR count). The van der Waals surface area contributed by atoms with Crippen molar-refractivity contribution in [3.63, 3.8) is 0 Å². The average Bonchev–Trinajstić information content (AvgIpc) is 2.86. The van der Waals surface area contributed by atoms with Gasteiger partial charge in [0, 0.05) is 56.8 Å². The molecular weight excluding hydrogens is 412 g/mol. The van der Waals surface area contributed by atoms with Crippen LogP contribution in [-0.4, -0.2) is 72.5 Å². The van der Waals surface area contributed by atoms with Crippen LogP contribution in [-0.2, 0) is 24.2 Å². The minimum Gasteiger partial charge on any atom is -0.373 e. The molecule has 1 amide bonds. The van der Waals surface area contributed by atoms with E-state index in [2.05, 4.69) is 46.4 Å². The van der Waals surface area contributed by atoms with E-state index in [1.54, 1.807) is 0 Å². The van der Waals surface area contributed by atoms with Gasteiger partial charge in [0.05, 0.1) is 12.2 Å². The predicted molar refractivity (Wildman–Crippen MR) is 132 cm³/mol. The van der Waals surface area contributed by atoms with E-state index in [9.17, 15) is 4.79 Å². The Morgan fingerprint density at radius 3 is 2.85 bits per heavy atom. The number of rotatable bonds is 5. The molecule has 33 heavy (non-hydrogen) atoms. The number of hydrogen-bond donors (Lipinski definition) is 1. The summed E-state index contributed by atoms with van der Waals surface area (Å²) < 4.78 is 0. The highest BCUT2D eigenvalue weighted by atomic mass is 16.2. The quantitative estimate of drug-likeness (QED) is 0.759. The van der Waals surface area contributed by atoms with Crippen LogP contribution in [0.25, 0.3) is 0 Å². The van der Waals surface area contributed by atoms with Gasteiger partial charge in [-0.3, -0.25) is 4.79 Å². The molecule has 7 nitrogen and oxygen atoms in total. The highest BCUT2D eigenvalue weighted by Gasteiger charge is 2.28. The first-order chi connectivity index (χ1) is 16.1. The number of aryl methyl sites for hydroxylation is 1. The Morgan fingerprint density at radius 1 is 1.12 bits per heavy atom. The van der Waals surface area contributed by atoms with Gasteiger partial charge in [0.25, 0.3) is 0 Å². The highest BCUT2D eigenvalue weighted by molar-refractivity contribution is 5.77. The molecule has 1 unspecified atom stereocenters. The maximum absolute atomic E-state index is 13.2. The summed E-state index contributed by atoms with van der Waals surface area (Å²) in [5.74, 6) is 2.47. The van der Waals surface area contributed by atoms with Crippen molar-refractivity contribution < 1.29 is 4.79 Å². The monoisotopic (exact) mass is 448 g/mol. The number of likely N-dealkylation sites (N-methyl/N-ethyl adjacent to an activating group) is 1. The standard InChI is InChI=1S/C26H36N6O/c1-27-26-21-11-15-32(18-22(21)28-25(29-26)20-9-5-13-30(2)17-20)24(33)12-16-31-14-6-8-19-7-3-4-10-23(19)31/h3-4,7,10,20H,5-6,8-9,11-18H2,1-2H3,(H,27,28,29). The van der Waals surface area contributed by atoms with Gasteiger partial charge in [-0.15, -0.1) is 0 Å². The number of benzene rings is 1. The molecule has 1 N–H and O–H groups in total. The minimum atomic E-state index is 0.229. The summed E-state index contributed by atoms with van der Waals surface area (Å²) >= 11 is 0. The van der Waals surface area contributed by atoms with Crippen molar-refractivity contribution in [2.24, 2.45) is 0 Å². The van der Waals surface area contributed by atoms with Crippen molar-refractivity contribution in [1.82, 2.24) is 19.8 Å². The third-order valence-electron chi connectivity index (χ3n) is 7.46. The van der Waals surface area contributed by atoms with Gasteiger partial charge in [-0.2, -0.15) is 0 Å². The molecule has 4 heterocycles. The van der Waals surface area contributed by atoms with Crippen LogP contribution in [0.4, 0.5) is 11.5 Å². The van der Waals surface area contributed by atoms with Crippen molar-refractivity contribution in [2.45, 2.75) is 51.0 Å². The van der Waals surface area contributed by atoms with Crippen molar-refractivity contribution in [1.29, 1.82) is 0 Å². The third kappa shape index (κ3) is 4.69. The van der Waals surface area contributed by atoms with E-state index in [1.807, 2.05) is 11.9 Å². The molecule has 1 aromatic heterocycles. The van der Waals surface area contributed by atoms with Crippen LogP contribution in [0, 0.1) is 0 Å². The second-order valence-corrected chi connectivity index (χ2v) is 9.74. The second-order valence-electron chi connectivity index (χ2n) is 9.74. The zero-order valence-electron chi connectivity index (χ0n) is 20.0. The number of para-hydroxylation sites is 1. The number of aromatic nitrogens is 2. The number of hydrogen-bond acceptors (Lipinski definition) is 6. The molecule has 0 aliphatic carbocycles. The summed E-state index contributed by atoms with van der Waals surface area (Å²) in [6.07, 6.45) is 5.97. The molecule has 1 aromatic carbocycles. The minimum absolute atomic E-state index is 0.229. The fourth-order valence-electron chi connectivity index (χ4n) is 5.66. The van der Waals surface area contributed by atoms with E-state index in [0.717, 1.165) is 75.7 Å². The Hall–Kier alpha value is -2.67. The molecule has 1 saturated heterocycles. The van der Waals surface area contributed by atoms with E-state index < -0.39 is 0 Å². The van der Waals surface area contributed by atoms with Gasteiger partial charge < -0.3 is 20.0 Å². The first kappa shape index (κ1) is 22.1. The Bertz CT molecular complexity index is 1010. The van der Waals surface area contributed by atoms with Crippen molar-refractivity contribution in [2.75, 3.05) is 57.0 Å². The van der Waals surface area contributed by atoms with E-state index in [-0.39, 0.29) is 5.91 Å². The smallest absolute Gasteiger partial charge is 0.224 e. The fraction of sp³-hybridized carbons (Fsp3) is 0.577. The normalized spacial score (nSPS) is 20.8. The Labute approximate surface area is 197 Å². The zero-order valence-corrected chi connectivity index (χ0v) is 20.0. The lowest BCUT2D eigenvalue weighted by atomic mass is 9.96. The number of amides is 1. The number of carbonyl (C=O) groups is 1. The SMILES string of the molecule is CNc1nc(C2CCCN(C)C2)nc2c1CCN(C(=O)CCN1CCCc3ccccc31)C2.